The monoisotopic (exact) mass is 322 g/mol. The van der Waals surface area contributed by atoms with E-state index in [-0.39, 0.29) is 23.7 Å². The van der Waals surface area contributed by atoms with Crippen LogP contribution in [0.5, 0.6) is 0 Å². The summed E-state index contributed by atoms with van der Waals surface area (Å²) in [7, 11) is 0. The standard InChI is InChI=1S/C18H18N4O2/c1-12-7-20-16(8-19-12)18(24)21-9-13-10-22(17(23)15(13)11-21)14-5-3-2-4-6-14/h2-8,13,15H,9-11H2,1H3/t13-,15-/m1/s1. The summed E-state index contributed by atoms with van der Waals surface area (Å²) in [6.45, 7) is 3.55. The van der Waals surface area contributed by atoms with Crippen molar-refractivity contribution in [1.82, 2.24) is 14.9 Å². The van der Waals surface area contributed by atoms with E-state index in [4.69, 9.17) is 0 Å². The van der Waals surface area contributed by atoms with Gasteiger partial charge >= 0.3 is 0 Å². The molecule has 0 saturated carbocycles. The quantitative estimate of drug-likeness (QED) is 0.841. The van der Waals surface area contributed by atoms with Crippen LogP contribution in [0.25, 0.3) is 0 Å². The first-order valence-corrected chi connectivity index (χ1v) is 8.08. The highest BCUT2D eigenvalue weighted by Crippen LogP contribution is 2.35. The third kappa shape index (κ3) is 2.44. The van der Waals surface area contributed by atoms with Gasteiger partial charge in [-0.15, -0.1) is 0 Å². The van der Waals surface area contributed by atoms with Gasteiger partial charge < -0.3 is 9.80 Å². The number of hydrogen-bond donors (Lipinski definition) is 0. The van der Waals surface area contributed by atoms with Crippen LogP contribution in [0.1, 0.15) is 16.2 Å². The molecule has 2 aliphatic heterocycles. The average Bonchev–Trinajstić information content (AvgIpc) is 3.15. The van der Waals surface area contributed by atoms with E-state index in [1.807, 2.05) is 42.2 Å². The molecule has 0 radical (unpaired) electrons. The van der Waals surface area contributed by atoms with E-state index in [2.05, 4.69) is 9.97 Å². The maximum atomic E-state index is 12.7. The second kappa shape index (κ2) is 5.70. The number of nitrogens with zero attached hydrogens (tertiary/aromatic N) is 4. The number of anilines is 1. The Morgan fingerprint density at radius 3 is 2.54 bits per heavy atom. The number of rotatable bonds is 2. The first kappa shape index (κ1) is 14.8. The molecule has 1 aromatic carbocycles. The molecule has 2 amide bonds. The zero-order valence-electron chi connectivity index (χ0n) is 13.4. The van der Waals surface area contributed by atoms with Gasteiger partial charge in [0.15, 0.2) is 0 Å². The molecule has 122 valence electrons. The molecule has 6 heteroatoms. The Labute approximate surface area is 140 Å². The van der Waals surface area contributed by atoms with E-state index in [9.17, 15) is 9.59 Å². The van der Waals surface area contributed by atoms with Crippen LogP contribution in [0.2, 0.25) is 0 Å². The Morgan fingerprint density at radius 1 is 1.08 bits per heavy atom. The van der Waals surface area contributed by atoms with Crippen LogP contribution in [0.15, 0.2) is 42.7 Å². The Bertz CT molecular complexity index is 775. The number of amides is 2. The average molecular weight is 322 g/mol. The lowest BCUT2D eigenvalue weighted by Gasteiger charge is -2.21. The SMILES string of the molecule is Cc1cnc(C(=O)N2C[C@@H]3CN(c4ccccc4)C(=O)[C@@H]3C2)cn1. The van der Waals surface area contributed by atoms with Crippen LogP contribution < -0.4 is 4.90 Å². The highest BCUT2D eigenvalue weighted by atomic mass is 16.2. The minimum absolute atomic E-state index is 0.108. The van der Waals surface area contributed by atoms with Crippen LogP contribution in [-0.2, 0) is 4.79 Å². The molecule has 2 saturated heterocycles. The smallest absolute Gasteiger partial charge is 0.274 e. The fraction of sp³-hybridized carbons (Fsp3) is 0.333. The Balaban J connectivity index is 1.48. The van der Waals surface area contributed by atoms with E-state index >= 15 is 0 Å². The molecule has 2 fully saturated rings. The number of fused-ring (bicyclic) bond motifs is 1. The zero-order valence-corrected chi connectivity index (χ0v) is 13.4. The molecule has 0 N–H and O–H groups in total. The summed E-state index contributed by atoms with van der Waals surface area (Å²) in [6.07, 6.45) is 3.09. The highest BCUT2D eigenvalue weighted by molar-refractivity contribution is 5.99. The molecule has 4 rings (SSSR count). The van der Waals surface area contributed by atoms with E-state index < -0.39 is 0 Å². The van der Waals surface area contributed by atoms with Crippen molar-refractivity contribution in [3.63, 3.8) is 0 Å². The second-order valence-electron chi connectivity index (χ2n) is 6.40. The normalized spacial score (nSPS) is 22.8. The summed E-state index contributed by atoms with van der Waals surface area (Å²) >= 11 is 0. The van der Waals surface area contributed by atoms with Gasteiger partial charge in [-0.1, -0.05) is 18.2 Å². The van der Waals surface area contributed by atoms with Crippen molar-refractivity contribution in [2.75, 3.05) is 24.5 Å². The first-order valence-electron chi connectivity index (χ1n) is 8.08. The van der Waals surface area contributed by atoms with Crippen LogP contribution in [0.3, 0.4) is 0 Å². The van der Waals surface area contributed by atoms with E-state index in [1.54, 1.807) is 11.1 Å². The Morgan fingerprint density at radius 2 is 1.88 bits per heavy atom. The van der Waals surface area contributed by atoms with Gasteiger partial charge in [-0.05, 0) is 19.1 Å². The van der Waals surface area contributed by atoms with Crippen LogP contribution in [0.4, 0.5) is 5.69 Å². The molecule has 1 aromatic heterocycles. The molecule has 3 heterocycles. The lowest BCUT2D eigenvalue weighted by Crippen LogP contribution is -2.36. The number of carbonyl (C=O) groups excluding carboxylic acids is 2. The molecule has 2 aromatic rings. The summed E-state index contributed by atoms with van der Waals surface area (Å²) in [5.74, 6) is 0.0279. The highest BCUT2D eigenvalue weighted by Gasteiger charge is 2.48. The molecule has 2 atom stereocenters. The predicted octanol–water partition coefficient (Wildman–Crippen LogP) is 1.52. The molecular weight excluding hydrogens is 304 g/mol. The fourth-order valence-electron chi connectivity index (χ4n) is 3.53. The van der Waals surface area contributed by atoms with Gasteiger partial charge in [0.1, 0.15) is 5.69 Å². The molecule has 0 unspecified atom stereocenters. The van der Waals surface area contributed by atoms with Crippen molar-refractivity contribution >= 4 is 17.5 Å². The molecule has 0 spiro atoms. The summed E-state index contributed by atoms with van der Waals surface area (Å²) in [4.78, 5) is 37.1. The number of para-hydroxylation sites is 1. The Kier molecular flexibility index (Phi) is 3.52. The van der Waals surface area contributed by atoms with Crippen molar-refractivity contribution in [3.8, 4) is 0 Å². The first-order chi connectivity index (χ1) is 11.6. The van der Waals surface area contributed by atoms with Gasteiger partial charge in [-0.2, -0.15) is 0 Å². The van der Waals surface area contributed by atoms with Gasteiger partial charge in [-0.3, -0.25) is 14.6 Å². The van der Waals surface area contributed by atoms with Gasteiger partial charge in [0.2, 0.25) is 5.91 Å². The van der Waals surface area contributed by atoms with Crippen molar-refractivity contribution in [2.45, 2.75) is 6.92 Å². The zero-order chi connectivity index (χ0) is 16.7. The van der Waals surface area contributed by atoms with Gasteiger partial charge in [0.05, 0.1) is 17.8 Å². The molecule has 0 bridgehead atoms. The number of carbonyl (C=O) groups is 2. The largest absolute Gasteiger partial charge is 0.336 e. The second-order valence-corrected chi connectivity index (χ2v) is 6.40. The maximum absolute atomic E-state index is 12.7. The number of aromatic nitrogens is 2. The number of benzene rings is 1. The van der Waals surface area contributed by atoms with Crippen LogP contribution >= 0.6 is 0 Å². The molecule has 2 aliphatic rings. The molecule has 24 heavy (non-hydrogen) atoms. The van der Waals surface area contributed by atoms with Gasteiger partial charge in [0, 0.05) is 37.4 Å². The summed E-state index contributed by atoms with van der Waals surface area (Å²) in [5.41, 5.74) is 2.05. The van der Waals surface area contributed by atoms with Gasteiger partial charge in [0.25, 0.3) is 5.91 Å². The van der Waals surface area contributed by atoms with E-state index in [0.717, 1.165) is 11.4 Å². The number of likely N-dealkylation sites (tertiary alicyclic amines) is 1. The topological polar surface area (TPSA) is 66.4 Å². The summed E-state index contributed by atoms with van der Waals surface area (Å²) in [6, 6.07) is 9.70. The predicted molar refractivity (Wildman–Crippen MR) is 88.4 cm³/mol. The third-order valence-electron chi connectivity index (χ3n) is 4.80. The van der Waals surface area contributed by atoms with E-state index in [1.165, 1.54) is 6.20 Å². The third-order valence-corrected chi connectivity index (χ3v) is 4.80. The molecule has 6 nitrogen and oxygen atoms in total. The molecular formula is C18H18N4O2. The minimum atomic E-state index is -0.143. The van der Waals surface area contributed by atoms with Crippen LogP contribution in [-0.4, -0.2) is 46.3 Å². The van der Waals surface area contributed by atoms with Crippen molar-refractivity contribution in [1.29, 1.82) is 0 Å². The van der Waals surface area contributed by atoms with E-state index in [0.29, 0.717) is 25.3 Å². The van der Waals surface area contributed by atoms with Crippen LogP contribution in [0, 0.1) is 18.8 Å². The van der Waals surface area contributed by atoms with Crippen molar-refractivity contribution in [3.05, 3.63) is 54.1 Å². The maximum Gasteiger partial charge on any atom is 0.274 e. The lowest BCUT2D eigenvalue weighted by atomic mass is 10.0. The van der Waals surface area contributed by atoms with Gasteiger partial charge in [-0.25, -0.2) is 4.98 Å². The summed E-state index contributed by atoms with van der Waals surface area (Å²) in [5, 5.41) is 0. The fourth-order valence-corrected chi connectivity index (χ4v) is 3.53. The van der Waals surface area contributed by atoms with Crippen molar-refractivity contribution < 1.29 is 9.59 Å². The van der Waals surface area contributed by atoms with Crippen molar-refractivity contribution in [2.24, 2.45) is 11.8 Å². The lowest BCUT2D eigenvalue weighted by molar-refractivity contribution is -0.120. The Hall–Kier alpha value is -2.76. The number of aryl methyl sites for hydroxylation is 1. The molecule has 0 aliphatic carbocycles. The minimum Gasteiger partial charge on any atom is -0.336 e. The number of hydrogen-bond acceptors (Lipinski definition) is 4. The summed E-state index contributed by atoms with van der Waals surface area (Å²) < 4.78 is 0.